The highest BCUT2D eigenvalue weighted by Crippen LogP contribution is 2.32. The van der Waals surface area contributed by atoms with E-state index in [4.69, 9.17) is 19.5 Å². The molecule has 204 valence electrons. The van der Waals surface area contributed by atoms with Crippen LogP contribution in [0.4, 0.5) is 11.4 Å². The van der Waals surface area contributed by atoms with Gasteiger partial charge in [0.2, 0.25) is 5.96 Å². The van der Waals surface area contributed by atoms with Crippen LogP contribution >= 0.6 is 0 Å². The third kappa shape index (κ3) is 5.96. The molecule has 5 rings (SSSR count). The average molecular weight is 530 g/mol. The minimum Gasteiger partial charge on any atom is -0.493 e. The number of nitrogens with zero attached hydrogens (tertiary/aromatic N) is 5. The number of benzene rings is 2. The Hall–Kier alpha value is -4.18. The maximum Gasteiger partial charge on any atom is 0.277 e. The number of aryl methyl sites for hydroxylation is 2. The first-order chi connectivity index (χ1) is 19.1. The Kier molecular flexibility index (Phi) is 8.21. The number of fused-ring (bicyclic) bond motifs is 1. The molecule has 0 bridgehead atoms. The molecule has 0 unspecified atom stereocenters. The number of para-hydroxylation sites is 1. The van der Waals surface area contributed by atoms with Crippen molar-refractivity contribution in [3.63, 3.8) is 0 Å². The molecule has 1 aliphatic heterocycles. The quantitative estimate of drug-likeness (QED) is 0.256. The Balaban J connectivity index is 1.58. The van der Waals surface area contributed by atoms with E-state index in [1.54, 1.807) is 11.7 Å². The normalized spacial score (nSPS) is 14.1. The van der Waals surface area contributed by atoms with E-state index in [2.05, 4.69) is 34.1 Å². The van der Waals surface area contributed by atoms with Gasteiger partial charge >= 0.3 is 0 Å². The Morgan fingerprint density at radius 1 is 1.13 bits per heavy atom. The molecule has 0 atom stereocenters. The lowest BCUT2D eigenvalue weighted by molar-refractivity contribution is 0.0680. The summed E-state index contributed by atoms with van der Waals surface area (Å²) in [5, 5.41) is 8.06. The van der Waals surface area contributed by atoms with E-state index in [1.165, 1.54) is 0 Å². The van der Waals surface area contributed by atoms with Crippen molar-refractivity contribution in [2.45, 2.75) is 33.1 Å². The summed E-state index contributed by atoms with van der Waals surface area (Å²) in [5.41, 5.74) is 4.03. The van der Waals surface area contributed by atoms with Crippen LogP contribution in [0.1, 0.15) is 32.4 Å². The van der Waals surface area contributed by atoms with Gasteiger partial charge in [-0.05, 0) is 43.2 Å². The van der Waals surface area contributed by atoms with Crippen molar-refractivity contribution in [2.75, 3.05) is 38.2 Å². The van der Waals surface area contributed by atoms with Crippen LogP contribution in [-0.4, -0.2) is 63.5 Å². The highest BCUT2D eigenvalue weighted by molar-refractivity contribution is 5.96. The Morgan fingerprint density at radius 2 is 1.92 bits per heavy atom. The summed E-state index contributed by atoms with van der Waals surface area (Å²) < 4.78 is 13.3. The lowest BCUT2D eigenvalue weighted by Crippen LogP contribution is -2.44. The van der Waals surface area contributed by atoms with Gasteiger partial charge in [0, 0.05) is 25.8 Å². The smallest absolute Gasteiger partial charge is 0.277 e. The molecule has 1 fully saturated rings. The van der Waals surface area contributed by atoms with Gasteiger partial charge in [0.15, 0.2) is 5.52 Å². The van der Waals surface area contributed by atoms with E-state index < -0.39 is 0 Å². The van der Waals surface area contributed by atoms with Crippen LogP contribution in [0, 0.1) is 0 Å². The first-order valence-corrected chi connectivity index (χ1v) is 13.5. The van der Waals surface area contributed by atoms with Gasteiger partial charge in [-0.1, -0.05) is 38.5 Å². The van der Waals surface area contributed by atoms with Crippen LogP contribution in [0.5, 0.6) is 5.75 Å². The number of H-pyrrole nitrogens is 1. The van der Waals surface area contributed by atoms with Gasteiger partial charge < -0.3 is 24.7 Å². The van der Waals surface area contributed by atoms with Gasteiger partial charge in [-0.15, -0.1) is 0 Å². The summed E-state index contributed by atoms with van der Waals surface area (Å²) in [4.78, 5) is 28.1. The number of hydrogen-bond donors (Lipinski definition) is 2. The predicted molar refractivity (Wildman–Crippen MR) is 154 cm³/mol. The van der Waals surface area contributed by atoms with E-state index in [0.717, 1.165) is 55.4 Å². The lowest BCUT2D eigenvalue weighted by atomic mass is 10.1. The van der Waals surface area contributed by atoms with E-state index in [-0.39, 0.29) is 5.56 Å². The van der Waals surface area contributed by atoms with Crippen LogP contribution < -0.4 is 15.6 Å². The van der Waals surface area contributed by atoms with Gasteiger partial charge in [0.05, 0.1) is 36.8 Å². The van der Waals surface area contributed by atoms with E-state index in [0.29, 0.717) is 48.0 Å². The number of guanidine groups is 1. The molecule has 10 heteroatoms. The van der Waals surface area contributed by atoms with Crippen LogP contribution in [-0.2, 0) is 18.2 Å². The minimum atomic E-state index is -0.230. The SMILES string of the molecule is CCCOc1ccc(NC(=Nc2ccccc2)N2CCOCC2)cc1-c1nc2c(CCC)nn(C)c2c(=O)[nH]1. The largest absolute Gasteiger partial charge is 0.493 e. The molecule has 2 N–H and O–H groups in total. The summed E-state index contributed by atoms with van der Waals surface area (Å²) in [6, 6.07) is 15.7. The second-order valence-electron chi connectivity index (χ2n) is 9.49. The number of aromatic amines is 1. The van der Waals surface area contributed by atoms with E-state index >= 15 is 0 Å². The van der Waals surface area contributed by atoms with Crippen molar-refractivity contribution in [1.29, 1.82) is 0 Å². The summed E-state index contributed by atoms with van der Waals surface area (Å²) >= 11 is 0. The minimum absolute atomic E-state index is 0.230. The predicted octanol–water partition coefficient (Wildman–Crippen LogP) is 4.50. The molecule has 1 aliphatic rings. The zero-order chi connectivity index (χ0) is 27.2. The van der Waals surface area contributed by atoms with Crippen molar-refractivity contribution in [2.24, 2.45) is 12.0 Å². The first kappa shape index (κ1) is 26.4. The number of hydrogen-bond acceptors (Lipinski definition) is 6. The van der Waals surface area contributed by atoms with Crippen molar-refractivity contribution >= 4 is 28.4 Å². The number of rotatable bonds is 8. The fourth-order valence-corrected chi connectivity index (χ4v) is 4.62. The van der Waals surface area contributed by atoms with Crippen molar-refractivity contribution in [1.82, 2.24) is 24.6 Å². The van der Waals surface area contributed by atoms with Gasteiger partial charge in [-0.2, -0.15) is 5.10 Å². The molecule has 39 heavy (non-hydrogen) atoms. The monoisotopic (exact) mass is 529 g/mol. The third-order valence-electron chi connectivity index (χ3n) is 6.50. The summed E-state index contributed by atoms with van der Waals surface area (Å²) in [6.07, 6.45) is 2.51. The molecule has 0 saturated carbocycles. The first-order valence-electron chi connectivity index (χ1n) is 13.5. The molecule has 0 spiro atoms. The average Bonchev–Trinajstić information content (AvgIpc) is 3.28. The van der Waals surface area contributed by atoms with E-state index in [9.17, 15) is 4.79 Å². The number of anilines is 1. The summed E-state index contributed by atoms with van der Waals surface area (Å²) in [5.74, 6) is 1.83. The Morgan fingerprint density at radius 3 is 2.67 bits per heavy atom. The molecule has 0 aliphatic carbocycles. The Labute approximate surface area is 227 Å². The Bertz CT molecular complexity index is 1500. The highest BCUT2D eigenvalue weighted by atomic mass is 16.5. The van der Waals surface area contributed by atoms with Crippen LogP contribution in [0.3, 0.4) is 0 Å². The fourth-order valence-electron chi connectivity index (χ4n) is 4.62. The van der Waals surface area contributed by atoms with Gasteiger partial charge in [0.25, 0.3) is 5.56 Å². The maximum atomic E-state index is 13.2. The lowest BCUT2D eigenvalue weighted by Gasteiger charge is -2.30. The topological polar surface area (TPSA) is 110 Å². The van der Waals surface area contributed by atoms with Gasteiger partial charge in [-0.3, -0.25) is 9.48 Å². The molecule has 0 radical (unpaired) electrons. The number of morpholine rings is 1. The molecule has 3 heterocycles. The molecule has 0 amide bonds. The zero-order valence-electron chi connectivity index (χ0n) is 22.7. The zero-order valence-corrected chi connectivity index (χ0v) is 22.7. The molecule has 4 aromatic rings. The second kappa shape index (κ2) is 12.1. The number of ether oxygens (including phenoxy) is 2. The van der Waals surface area contributed by atoms with Crippen molar-refractivity contribution < 1.29 is 9.47 Å². The molecular formula is C29H35N7O3. The molecule has 2 aromatic carbocycles. The van der Waals surface area contributed by atoms with E-state index in [1.807, 2.05) is 48.5 Å². The van der Waals surface area contributed by atoms with Crippen LogP contribution in [0.15, 0.2) is 58.3 Å². The van der Waals surface area contributed by atoms with Gasteiger partial charge in [0.1, 0.15) is 17.1 Å². The van der Waals surface area contributed by atoms with Crippen LogP contribution in [0.25, 0.3) is 22.4 Å². The maximum absolute atomic E-state index is 13.2. The molecule has 10 nitrogen and oxygen atoms in total. The van der Waals surface area contributed by atoms with Gasteiger partial charge in [-0.25, -0.2) is 9.98 Å². The number of nitrogens with one attached hydrogen (secondary N) is 2. The molecule has 2 aromatic heterocycles. The highest BCUT2D eigenvalue weighted by Gasteiger charge is 2.20. The summed E-state index contributed by atoms with van der Waals surface area (Å²) in [7, 11) is 1.78. The third-order valence-corrected chi connectivity index (χ3v) is 6.50. The number of aromatic nitrogens is 4. The van der Waals surface area contributed by atoms with Crippen molar-refractivity contribution in [3.8, 4) is 17.1 Å². The van der Waals surface area contributed by atoms with Crippen molar-refractivity contribution in [3.05, 3.63) is 64.6 Å². The molecule has 1 saturated heterocycles. The fraction of sp³-hybridized carbons (Fsp3) is 0.379. The summed E-state index contributed by atoms with van der Waals surface area (Å²) in [6.45, 7) is 7.44. The molecular weight excluding hydrogens is 494 g/mol. The van der Waals surface area contributed by atoms with Crippen LogP contribution in [0.2, 0.25) is 0 Å². The second-order valence-corrected chi connectivity index (χ2v) is 9.49. The number of aliphatic imine (C=N–C) groups is 1. The standard InChI is InChI=1S/C29H35N7O3/c1-4-9-23-25-26(35(3)34-23)28(37)33-27(32-25)22-19-21(12-13-24(22)39-16-5-2)31-29(36-14-17-38-18-15-36)30-20-10-7-6-8-11-20/h6-8,10-13,19H,4-5,9,14-18H2,1-3H3,(H,30,31)(H,32,33,37).